The fourth-order valence-corrected chi connectivity index (χ4v) is 4.03. The first-order chi connectivity index (χ1) is 11.1. The highest BCUT2D eigenvalue weighted by atomic mass is 79.9. The first-order valence-corrected chi connectivity index (χ1v) is 9.29. The number of benzene rings is 1. The van der Waals surface area contributed by atoms with E-state index >= 15 is 0 Å². The van der Waals surface area contributed by atoms with Crippen molar-refractivity contribution in [3.05, 3.63) is 28.7 Å². The van der Waals surface area contributed by atoms with Gasteiger partial charge < -0.3 is 10.2 Å². The first-order valence-electron chi connectivity index (χ1n) is 8.50. The number of halogens is 1. The van der Waals surface area contributed by atoms with Crippen molar-refractivity contribution < 1.29 is 9.59 Å². The Labute approximate surface area is 145 Å². The average Bonchev–Trinajstić information content (AvgIpc) is 2.75. The average molecular weight is 379 g/mol. The Balaban J connectivity index is 1.62. The van der Waals surface area contributed by atoms with E-state index in [1.165, 1.54) is 25.7 Å². The number of hydrogen-bond donors (Lipinski definition) is 1. The number of amides is 2. The third-order valence-electron chi connectivity index (χ3n) is 4.84. The van der Waals surface area contributed by atoms with E-state index in [0.717, 1.165) is 23.0 Å². The summed E-state index contributed by atoms with van der Waals surface area (Å²) in [5, 5.41) is 3.18. The summed E-state index contributed by atoms with van der Waals surface area (Å²) < 4.78 is 0.887. The Kier molecular flexibility index (Phi) is 5.36. The van der Waals surface area contributed by atoms with Crippen LogP contribution in [0.1, 0.15) is 44.9 Å². The number of para-hydroxylation sites is 1. The maximum atomic E-state index is 12.5. The predicted molar refractivity (Wildman–Crippen MR) is 94.2 cm³/mol. The Bertz CT molecular complexity index is 582. The standard InChI is InChI=1S/C18H23BrN2O2/c19-15-9-5-6-10-16(15)21-12-13(11-17(21)22)18(23)20-14-7-3-1-2-4-8-14/h5-6,9-10,13-14H,1-4,7-8,11-12H2,(H,20,23). The molecule has 1 heterocycles. The van der Waals surface area contributed by atoms with Gasteiger partial charge in [0.05, 0.1) is 11.6 Å². The van der Waals surface area contributed by atoms with Gasteiger partial charge in [0, 0.05) is 23.5 Å². The Morgan fingerprint density at radius 1 is 1.13 bits per heavy atom. The quantitative estimate of drug-likeness (QED) is 0.816. The molecule has 1 aromatic carbocycles. The summed E-state index contributed by atoms with van der Waals surface area (Å²) in [7, 11) is 0. The van der Waals surface area contributed by atoms with Crippen LogP contribution >= 0.6 is 15.9 Å². The van der Waals surface area contributed by atoms with Crippen molar-refractivity contribution >= 4 is 33.4 Å². The van der Waals surface area contributed by atoms with Crippen LogP contribution in [0.5, 0.6) is 0 Å². The minimum absolute atomic E-state index is 0.0258. The molecule has 23 heavy (non-hydrogen) atoms. The predicted octanol–water partition coefficient (Wildman–Crippen LogP) is 3.64. The maximum Gasteiger partial charge on any atom is 0.227 e. The number of hydrogen-bond acceptors (Lipinski definition) is 2. The molecule has 0 aromatic heterocycles. The van der Waals surface area contributed by atoms with E-state index in [1.54, 1.807) is 4.90 Å². The third kappa shape index (κ3) is 3.94. The van der Waals surface area contributed by atoms with Crippen molar-refractivity contribution in [1.82, 2.24) is 5.32 Å². The van der Waals surface area contributed by atoms with Crippen LogP contribution in [0.3, 0.4) is 0 Å². The van der Waals surface area contributed by atoms with E-state index in [1.807, 2.05) is 24.3 Å². The van der Waals surface area contributed by atoms with Crippen LogP contribution in [-0.4, -0.2) is 24.4 Å². The van der Waals surface area contributed by atoms with Crippen molar-refractivity contribution in [1.29, 1.82) is 0 Å². The number of anilines is 1. The molecule has 2 amide bonds. The fourth-order valence-electron chi connectivity index (χ4n) is 3.53. The molecule has 5 heteroatoms. The van der Waals surface area contributed by atoms with Crippen molar-refractivity contribution in [2.24, 2.45) is 5.92 Å². The lowest BCUT2D eigenvalue weighted by molar-refractivity contribution is -0.127. The van der Waals surface area contributed by atoms with Gasteiger partial charge >= 0.3 is 0 Å². The largest absolute Gasteiger partial charge is 0.353 e. The topological polar surface area (TPSA) is 49.4 Å². The maximum absolute atomic E-state index is 12.5. The van der Waals surface area contributed by atoms with Crippen molar-refractivity contribution in [3.63, 3.8) is 0 Å². The minimum Gasteiger partial charge on any atom is -0.353 e. The normalized spacial score (nSPS) is 22.9. The molecule has 2 aliphatic rings. The molecule has 124 valence electrons. The lowest BCUT2D eigenvalue weighted by atomic mass is 10.0. The lowest BCUT2D eigenvalue weighted by Crippen LogP contribution is -2.39. The molecule has 1 unspecified atom stereocenters. The summed E-state index contributed by atoms with van der Waals surface area (Å²) in [4.78, 5) is 26.6. The summed E-state index contributed by atoms with van der Waals surface area (Å²) in [6.45, 7) is 0.472. The molecule has 1 aromatic rings. The van der Waals surface area contributed by atoms with Gasteiger partial charge in [-0.2, -0.15) is 0 Å². The van der Waals surface area contributed by atoms with E-state index < -0.39 is 0 Å². The molecule has 3 rings (SSSR count). The van der Waals surface area contributed by atoms with Crippen molar-refractivity contribution in [2.45, 2.75) is 51.0 Å². The Morgan fingerprint density at radius 3 is 2.52 bits per heavy atom. The first kappa shape index (κ1) is 16.5. The van der Waals surface area contributed by atoms with Gasteiger partial charge in [-0.15, -0.1) is 0 Å². The van der Waals surface area contributed by atoms with Gasteiger partial charge in [-0.3, -0.25) is 9.59 Å². The lowest BCUT2D eigenvalue weighted by Gasteiger charge is -2.20. The van der Waals surface area contributed by atoms with Gasteiger partial charge in [-0.05, 0) is 40.9 Å². The zero-order valence-electron chi connectivity index (χ0n) is 13.3. The van der Waals surface area contributed by atoms with Gasteiger partial charge in [0.2, 0.25) is 11.8 Å². The monoisotopic (exact) mass is 378 g/mol. The second-order valence-corrected chi connectivity index (χ2v) is 7.41. The highest BCUT2D eigenvalue weighted by Crippen LogP contribution is 2.31. The van der Waals surface area contributed by atoms with E-state index in [2.05, 4.69) is 21.2 Å². The van der Waals surface area contributed by atoms with Crippen LogP contribution < -0.4 is 10.2 Å². The van der Waals surface area contributed by atoms with Crippen LogP contribution in [0.4, 0.5) is 5.69 Å². The smallest absolute Gasteiger partial charge is 0.227 e. The highest BCUT2D eigenvalue weighted by molar-refractivity contribution is 9.10. The molecule has 2 fully saturated rings. The second kappa shape index (κ2) is 7.47. The molecule has 1 aliphatic heterocycles. The van der Waals surface area contributed by atoms with Crippen LogP contribution in [0, 0.1) is 5.92 Å². The highest BCUT2D eigenvalue weighted by Gasteiger charge is 2.36. The van der Waals surface area contributed by atoms with Crippen LogP contribution in [-0.2, 0) is 9.59 Å². The molecule has 1 saturated carbocycles. The van der Waals surface area contributed by atoms with E-state index in [9.17, 15) is 9.59 Å². The molecule has 1 N–H and O–H groups in total. The van der Waals surface area contributed by atoms with E-state index in [0.29, 0.717) is 13.0 Å². The number of nitrogens with zero attached hydrogens (tertiary/aromatic N) is 1. The van der Waals surface area contributed by atoms with Crippen molar-refractivity contribution in [2.75, 3.05) is 11.4 Å². The van der Waals surface area contributed by atoms with Gasteiger partial charge in [-0.25, -0.2) is 0 Å². The molecule has 1 aliphatic carbocycles. The molecule has 0 bridgehead atoms. The van der Waals surface area contributed by atoms with Gasteiger partial charge in [0.15, 0.2) is 0 Å². The SMILES string of the molecule is O=C(NC1CCCCCC1)C1CC(=O)N(c2ccccc2Br)C1. The van der Waals surface area contributed by atoms with Crippen LogP contribution in [0.2, 0.25) is 0 Å². The van der Waals surface area contributed by atoms with E-state index in [4.69, 9.17) is 0 Å². The Morgan fingerprint density at radius 2 is 1.83 bits per heavy atom. The molecule has 4 nitrogen and oxygen atoms in total. The third-order valence-corrected chi connectivity index (χ3v) is 5.51. The number of rotatable bonds is 3. The van der Waals surface area contributed by atoms with E-state index in [-0.39, 0.29) is 23.8 Å². The van der Waals surface area contributed by atoms with Crippen LogP contribution in [0.25, 0.3) is 0 Å². The summed E-state index contributed by atoms with van der Waals surface area (Å²) in [6.07, 6.45) is 7.37. The molecule has 1 atom stereocenters. The molecule has 1 saturated heterocycles. The molecular formula is C18H23BrN2O2. The number of carbonyl (C=O) groups excluding carboxylic acids is 2. The molecule has 0 radical (unpaired) electrons. The number of nitrogens with one attached hydrogen (secondary N) is 1. The summed E-state index contributed by atoms with van der Waals surface area (Å²) in [5.41, 5.74) is 0.849. The van der Waals surface area contributed by atoms with Gasteiger partial charge in [-0.1, -0.05) is 37.8 Å². The second-order valence-electron chi connectivity index (χ2n) is 6.55. The summed E-state index contributed by atoms with van der Waals surface area (Å²) in [6, 6.07) is 7.95. The molecular weight excluding hydrogens is 356 g/mol. The zero-order chi connectivity index (χ0) is 16.2. The minimum atomic E-state index is -0.238. The Hall–Kier alpha value is -1.36. The van der Waals surface area contributed by atoms with Gasteiger partial charge in [0.25, 0.3) is 0 Å². The van der Waals surface area contributed by atoms with Crippen molar-refractivity contribution in [3.8, 4) is 0 Å². The number of carbonyl (C=O) groups is 2. The summed E-state index contributed by atoms with van der Waals surface area (Å²) in [5.74, 6) is -0.171. The molecule has 0 spiro atoms. The van der Waals surface area contributed by atoms with Gasteiger partial charge in [0.1, 0.15) is 0 Å². The fraction of sp³-hybridized carbons (Fsp3) is 0.556. The summed E-state index contributed by atoms with van der Waals surface area (Å²) >= 11 is 3.48. The zero-order valence-corrected chi connectivity index (χ0v) is 14.8. The van der Waals surface area contributed by atoms with Crippen LogP contribution in [0.15, 0.2) is 28.7 Å².